The molecule has 3 aliphatic heterocycles. The lowest BCUT2D eigenvalue weighted by molar-refractivity contribution is -0.299. The minimum Gasteiger partial charge on any atom is -0.459 e. The summed E-state index contributed by atoms with van der Waals surface area (Å²) in [6, 6.07) is 5.11. The predicted octanol–water partition coefficient (Wildman–Crippen LogP) is 3.52. The second kappa shape index (κ2) is 23.1. The summed E-state index contributed by atoms with van der Waals surface area (Å²) in [6.07, 6.45) is -2.30. The summed E-state index contributed by atoms with van der Waals surface area (Å²) in [5.74, 6) is -6.18. The van der Waals surface area contributed by atoms with Crippen LogP contribution >= 0.6 is 0 Å². The zero-order valence-electron chi connectivity index (χ0n) is 41.4. The number of alkyl halides is 1. The lowest BCUT2D eigenvalue weighted by Crippen LogP contribution is -2.60. The van der Waals surface area contributed by atoms with Crippen molar-refractivity contribution < 1.29 is 66.2 Å². The van der Waals surface area contributed by atoms with Gasteiger partial charge in [0, 0.05) is 61.8 Å². The largest absolute Gasteiger partial charge is 0.459 e. The number of cyclic esters (lactones) is 1. The average Bonchev–Trinajstić information content (AvgIpc) is 3.76. The lowest BCUT2D eigenvalue weighted by atomic mass is 9.73. The lowest BCUT2D eigenvalue weighted by Gasteiger charge is -2.48. The van der Waals surface area contributed by atoms with E-state index in [-0.39, 0.29) is 44.0 Å². The third-order valence-electron chi connectivity index (χ3n) is 14.1. The van der Waals surface area contributed by atoms with Crippen molar-refractivity contribution in [2.75, 3.05) is 46.3 Å². The third kappa shape index (κ3) is 13.0. The highest BCUT2D eigenvalue weighted by molar-refractivity contribution is 7.90. The molecule has 15 atom stereocenters. The number of carbonyl (C=O) groups excluding carboxylic acids is 3. The Hall–Kier alpha value is -3.60. The monoisotopic (exact) mass is 979 g/mol. The van der Waals surface area contributed by atoms with E-state index in [4.69, 9.17) is 23.7 Å². The van der Waals surface area contributed by atoms with Crippen LogP contribution in [0.4, 0.5) is 4.39 Å². The first-order chi connectivity index (χ1) is 31.8. The Morgan fingerprint density at radius 3 is 2.38 bits per heavy atom. The topological polar surface area (TPSA) is 238 Å². The molecule has 1 unspecified atom stereocenters. The molecule has 2 aromatic rings. The summed E-state index contributed by atoms with van der Waals surface area (Å²) < 4.78 is 72.0. The number of Topliss-reactive ketones (excluding diaryl/α,β-unsaturated/α-hetero) is 1. The van der Waals surface area contributed by atoms with Gasteiger partial charge in [-0.3, -0.25) is 14.4 Å². The minimum absolute atomic E-state index is 0.0733. The van der Waals surface area contributed by atoms with Gasteiger partial charge in [-0.25, -0.2) is 22.5 Å². The van der Waals surface area contributed by atoms with E-state index in [0.29, 0.717) is 30.8 Å². The van der Waals surface area contributed by atoms with Crippen molar-refractivity contribution in [3.05, 3.63) is 41.7 Å². The molecular formula is C48H74FN5O13S. The molecule has 0 aliphatic carbocycles. The molecule has 0 radical (unpaired) electrons. The molecule has 5 rings (SSSR count). The summed E-state index contributed by atoms with van der Waals surface area (Å²) in [4.78, 5) is 47.9. The number of amides is 1. The molecule has 0 spiro atoms. The molecule has 1 amide bonds. The first-order valence-electron chi connectivity index (χ1n) is 23.7. The van der Waals surface area contributed by atoms with Crippen LogP contribution in [0.3, 0.4) is 0 Å². The second-order valence-corrected chi connectivity index (χ2v) is 21.9. The van der Waals surface area contributed by atoms with Gasteiger partial charge >= 0.3 is 5.97 Å². The standard InChI is InChI=1S/C48H74FN5O13S/c1-12-39-48(9,60)44-29(4)40(50-32(7)56)27(2)21-47(8,64-26-34(24-55)25-63-44)43(30(5)41(57)31(6)45(59)66-39)67-46-42(58)38(19-28(3)65-46)53(10)18-17-35-23-54(52-51-35)36(22-49)20-33-13-15-37(16-14-33)68(11,61)62/h13-16,23,27-31,34,36,38-39,42-44,46,55,58,60H,12,17-22,24-26H2,1-11H3/t27-,28-,29+,30+,31-,34?,36+,38+,39-,42-,43-,44-,46+,47-,48-/m1/s1. The van der Waals surface area contributed by atoms with Crippen LogP contribution in [0, 0.1) is 29.6 Å². The number of aliphatic imine (C=N–C) groups is 1. The van der Waals surface area contributed by atoms with E-state index < -0.39 is 124 Å². The maximum absolute atomic E-state index is 14.6. The van der Waals surface area contributed by atoms with Gasteiger partial charge in [0.15, 0.2) is 21.9 Å². The Balaban J connectivity index is 1.44. The Morgan fingerprint density at radius 2 is 1.78 bits per heavy atom. The van der Waals surface area contributed by atoms with Crippen LogP contribution in [-0.2, 0) is 60.7 Å². The van der Waals surface area contributed by atoms with Gasteiger partial charge in [-0.2, -0.15) is 0 Å². The predicted molar refractivity (Wildman–Crippen MR) is 248 cm³/mol. The van der Waals surface area contributed by atoms with Gasteiger partial charge in [-0.05, 0) is 84.0 Å². The smallest absolute Gasteiger partial charge is 0.316 e. The van der Waals surface area contributed by atoms with Crippen molar-refractivity contribution in [3.63, 3.8) is 0 Å². The average molecular weight is 980 g/mol. The zero-order valence-corrected chi connectivity index (χ0v) is 42.2. The number of sulfone groups is 1. The molecule has 68 heavy (non-hydrogen) atoms. The number of halogens is 1. The molecule has 1 aromatic heterocycles. The molecule has 2 bridgehead atoms. The maximum Gasteiger partial charge on any atom is 0.316 e. The molecule has 3 aliphatic rings. The molecule has 3 N–H and O–H groups in total. The number of benzene rings is 1. The number of carbonyl (C=O) groups is 3. The Bertz CT molecular complexity index is 2170. The van der Waals surface area contributed by atoms with Crippen molar-refractivity contribution in [2.24, 2.45) is 34.6 Å². The molecule has 4 heterocycles. The number of nitrogens with zero attached hydrogens (tertiary/aromatic N) is 5. The maximum atomic E-state index is 14.6. The molecule has 3 fully saturated rings. The number of hydrogen-bond acceptors (Lipinski definition) is 16. The van der Waals surface area contributed by atoms with Crippen LogP contribution in [0.1, 0.15) is 98.9 Å². The van der Waals surface area contributed by atoms with Crippen LogP contribution in [-0.4, -0.2) is 167 Å². The number of fused-ring (bicyclic) bond motifs is 5. The minimum atomic E-state index is -3.38. The fraction of sp³-hybridized carbons (Fsp3) is 0.750. The Kier molecular flexibility index (Phi) is 18.8. The third-order valence-corrected chi connectivity index (χ3v) is 15.2. The highest BCUT2D eigenvalue weighted by Crippen LogP contribution is 2.40. The number of aliphatic hydroxyl groups is 3. The Morgan fingerprint density at radius 1 is 1.10 bits per heavy atom. The van der Waals surface area contributed by atoms with Gasteiger partial charge < -0.3 is 43.9 Å². The SMILES string of the molecule is CC[C@H]1OC(=O)[C@H](C)C(=O)[C@H](C)[C@@H](O[C@@H]2O[C@H](C)C[C@H](N(C)CCc3cn([C@H](CF)Cc4ccc(S(C)(=O)=O)cc4)nn3)[C@H]2O)[C@@]2(C)C[C@@H](C)C(=NC(C)=O)[C@H](C)[C@@H](OCC(CO)CO2)[C@]1(C)O. The number of rotatable bonds is 13. The van der Waals surface area contributed by atoms with Crippen LogP contribution < -0.4 is 0 Å². The molecule has 382 valence electrons. The van der Waals surface area contributed by atoms with Gasteiger partial charge in [-0.1, -0.05) is 45.0 Å². The summed E-state index contributed by atoms with van der Waals surface area (Å²) in [5.41, 5.74) is -1.55. The van der Waals surface area contributed by atoms with E-state index in [1.54, 1.807) is 46.0 Å². The van der Waals surface area contributed by atoms with E-state index in [0.717, 1.165) is 11.8 Å². The Labute approximate surface area is 400 Å². The van der Waals surface area contributed by atoms with Crippen LogP contribution in [0.25, 0.3) is 0 Å². The normalized spacial score (nSPS) is 35.9. The van der Waals surface area contributed by atoms with Crippen LogP contribution in [0.15, 0.2) is 40.4 Å². The van der Waals surface area contributed by atoms with Crippen molar-refractivity contribution in [1.29, 1.82) is 0 Å². The zero-order chi connectivity index (χ0) is 50.5. The van der Waals surface area contributed by atoms with Gasteiger partial charge in [0.1, 0.15) is 30.4 Å². The van der Waals surface area contributed by atoms with E-state index in [1.165, 1.54) is 37.6 Å². The van der Waals surface area contributed by atoms with Crippen LogP contribution in [0.5, 0.6) is 0 Å². The first-order valence-corrected chi connectivity index (χ1v) is 25.6. The number of ether oxygens (including phenoxy) is 5. The number of likely N-dealkylation sites (N-methyl/N-ethyl adjacent to an activating group) is 1. The number of esters is 1. The highest BCUT2D eigenvalue weighted by atomic mass is 32.2. The van der Waals surface area contributed by atoms with Gasteiger partial charge in [-0.15, -0.1) is 5.10 Å². The van der Waals surface area contributed by atoms with Crippen molar-refractivity contribution >= 4 is 33.2 Å². The van der Waals surface area contributed by atoms with Crippen LogP contribution in [0.2, 0.25) is 0 Å². The molecule has 0 saturated carbocycles. The fourth-order valence-corrected chi connectivity index (χ4v) is 10.8. The quantitative estimate of drug-likeness (QED) is 0.192. The van der Waals surface area contributed by atoms with Crippen molar-refractivity contribution in [3.8, 4) is 0 Å². The van der Waals surface area contributed by atoms with E-state index >= 15 is 0 Å². The number of hydrogen-bond donors (Lipinski definition) is 3. The number of aliphatic hydroxyl groups excluding tert-OH is 2. The molecule has 1 aromatic carbocycles. The first kappa shape index (κ1) is 55.3. The van der Waals surface area contributed by atoms with Gasteiger partial charge in [0.05, 0.1) is 60.4 Å². The summed E-state index contributed by atoms with van der Waals surface area (Å²) >= 11 is 0. The molecule has 18 nitrogen and oxygen atoms in total. The van der Waals surface area contributed by atoms with Crippen molar-refractivity contribution in [1.82, 2.24) is 19.9 Å². The van der Waals surface area contributed by atoms with Gasteiger partial charge in [0.2, 0.25) is 5.91 Å². The summed E-state index contributed by atoms with van der Waals surface area (Å²) in [7, 11) is -1.53. The highest BCUT2D eigenvalue weighted by Gasteiger charge is 2.53. The van der Waals surface area contributed by atoms with E-state index in [2.05, 4.69) is 15.3 Å². The number of ketones is 1. The fourth-order valence-electron chi connectivity index (χ4n) is 10.1. The van der Waals surface area contributed by atoms with Crippen molar-refractivity contribution in [2.45, 2.75) is 159 Å². The molecular weight excluding hydrogens is 906 g/mol. The second-order valence-electron chi connectivity index (χ2n) is 19.9. The van der Waals surface area contributed by atoms with E-state index in [1.807, 2.05) is 25.8 Å². The molecule has 20 heteroatoms. The number of aromatic nitrogens is 3. The molecule has 3 saturated heterocycles. The summed E-state index contributed by atoms with van der Waals surface area (Å²) in [6.45, 7) is 14.0. The van der Waals surface area contributed by atoms with Gasteiger partial charge in [0.25, 0.3) is 0 Å². The summed E-state index contributed by atoms with van der Waals surface area (Å²) in [5, 5.41) is 43.5. The van der Waals surface area contributed by atoms with E-state index in [9.17, 15) is 42.5 Å².